The highest BCUT2D eigenvalue weighted by molar-refractivity contribution is 6.30. The first-order valence-corrected chi connectivity index (χ1v) is 6.07. The molecule has 1 atom stereocenters. The summed E-state index contributed by atoms with van der Waals surface area (Å²) in [6.07, 6.45) is -0.669. The van der Waals surface area contributed by atoms with Crippen molar-refractivity contribution >= 4 is 11.6 Å². The molecule has 0 bridgehead atoms. The van der Waals surface area contributed by atoms with Gasteiger partial charge in [0.1, 0.15) is 11.9 Å². The lowest BCUT2D eigenvalue weighted by atomic mass is 9.97. The van der Waals surface area contributed by atoms with E-state index in [-0.39, 0.29) is 0 Å². The topological polar surface area (TPSA) is 29.5 Å². The van der Waals surface area contributed by atoms with Crippen molar-refractivity contribution in [1.29, 1.82) is 0 Å². The van der Waals surface area contributed by atoms with Crippen LogP contribution in [-0.2, 0) is 0 Å². The smallest absolute Gasteiger partial charge is 0.119 e. The largest absolute Gasteiger partial charge is 0.497 e. The van der Waals surface area contributed by atoms with Crippen LogP contribution in [0.25, 0.3) is 0 Å². The second kappa shape index (κ2) is 5.42. The molecule has 0 aliphatic heterocycles. The molecule has 1 unspecified atom stereocenters. The van der Waals surface area contributed by atoms with E-state index in [4.69, 9.17) is 16.3 Å². The molecule has 0 aromatic heterocycles. The van der Waals surface area contributed by atoms with E-state index in [9.17, 15) is 5.11 Å². The molecule has 2 rings (SSSR count). The van der Waals surface area contributed by atoms with Gasteiger partial charge >= 0.3 is 0 Å². The highest BCUT2D eigenvalue weighted by Crippen LogP contribution is 2.28. The second-order valence-electron chi connectivity index (χ2n) is 4.18. The molecule has 0 spiro atoms. The number of ether oxygens (including phenoxy) is 1. The second-order valence-corrected chi connectivity index (χ2v) is 4.62. The Morgan fingerprint density at radius 1 is 1.17 bits per heavy atom. The van der Waals surface area contributed by atoms with Crippen LogP contribution in [0.4, 0.5) is 0 Å². The summed E-state index contributed by atoms with van der Waals surface area (Å²) in [5, 5.41) is 11.1. The first-order valence-electron chi connectivity index (χ1n) is 5.70. The molecule has 0 aliphatic rings. The number of hydrogen-bond acceptors (Lipinski definition) is 2. The quantitative estimate of drug-likeness (QED) is 0.913. The van der Waals surface area contributed by atoms with Crippen LogP contribution in [0.2, 0.25) is 5.02 Å². The van der Waals surface area contributed by atoms with Gasteiger partial charge in [-0.25, -0.2) is 0 Å². The Bertz CT molecular complexity index is 552. The molecule has 0 fully saturated rings. The van der Waals surface area contributed by atoms with E-state index in [1.54, 1.807) is 13.2 Å². The van der Waals surface area contributed by atoms with E-state index in [1.165, 1.54) is 0 Å². The predicted molar refractivity (Wildman–Crippen MR) is 73.2 cm³/mol. The average Bonchev–Trinajstić information content (AvgIpc) is 2.38. The van der Waals surface area contributed by atoms with Crippen LogP contribution in [0.3, 0.4) is 0 Å². The lowest BCUT2D eigenvalue weighted by Crippen LogP contribution is -2.02. The Hall–Kier alpha value is -1.51. The minimum atomic E-state index is -0.669. The third kappa shape index (κ3) is 2.66. The number of rotatable bonds is 3. The molecule has 2 aromatic carbocycles. The van der Waals surface area contributed by atoms with Crippen LogP contribution >= 0.6 is 11.6 Å². The van der Waals surface area contributed by atoms with Crippen molar-refractivity contribution in [2.24, 2.45) is 0 Å². The molecule has 0 amide bonds. The minimum absolute atomic E-state index is 0.669. The monoisotopic (exact) mass is 262 g/mol. The van der Waals surface area contributed by atoms with Gasteiger partial charge in [0.15, 0.2) is 0 Å². The maximum Gasteiger partial charge on any atom is 0.119 e. The molecule has 2 nitrogen and oxygen atoms in total. The lowest BCUT2D eigenvalue weighted by Gasteiger charge is -2.15. The van der Waals surface area contributed by atoms with Gasteiger partial charge in [0.2, 0.25) is 0 Å². The number of aliphatic hydroxyl groups is 1. The molecule has 0 saturated heterocycles. The Labute approximate surface area is 112 Å². The van der Waals surface area contributed by atoms with Crippen molar-refractivity contribution in [3.8, 4) is 5.75 Å². The van der Waals surface area contributed by atoms with Crippen molar-refractivity contribution in [3.63, 3.8) is 0 Å². The van der Waals surface area contributed by atoms with E-state index < -0.39 is 6.10 Å². The van der Waals surface area contributed by atoms with Gasteiger partial charge in [0.25, 0.3) is 0 Å². The van der Waals surface area contributed by atoms with Crippen molar-refractivity contribution in [1.82, 2.24) is 0 Å². The number of benzene rings is 2. The van der Waals surface area contributed by atoms with Crippen LogP contribution in [-0.4, -0.2) is 12.2 Å². The lowest BCUT2D eigenvalue weighted by molar-refractivity contribution is 0.219. The number of aryl methyl sites for hydroxylation is 1. The number of methoxy groups -OCH3 is 1. The van der Waals surface area contributed by atoms with Gasteiger partial charge in [-0.15, -0.1) is 0 Å². The zero-order valence-corrected chi connectivity index (χ0v) is 11.1. The fraction of sp³-hybridized carbons (Fsp3) is 0.200. The van der Waals surface area contributed by atoms with E-state index >= 15 is 0 Å². The molecule has 18 heavy (non-hydrogen) atoms. The molecule has 0 saturated carbocycles. The minimum Gasteiger partial charge on any atom is -0.497 e. The van der Waals surface area contributed by atoms with Gasteiger partial charge in [-0.3, -0.25) is 0 Å². The number of aliphatic hydroxyl groups excluding tert-OH is 1. The normalized spacial score (nSPS) is 12.2. The average molecular weight is 263 g/mol. The third-order valence-corrected chi connectivity index (χ3v) is 3.17. The highest BCUT2D eigenvalue weighted by atomic mass is 35.5. The first-order chi connectivity index (χ1) is 8.61. The molecule has 94 valence electrons. The molecule has 1 N–H and O–H groups in total. The molecule has 0 radical (unpaired) electrons. The summed E-state index contributed by atoms with van der Waals surface area (Å²) in [6, 6.07) is 12.9. The van der Waals surface area contributed by atoms with Crippen LogP contribution in [0.1, 0.15) is 22.8 Å². The third-order valence-electron chi connectivity index (χ3n) is 2.94. The zero-order chi connectivity index (χ0) is 13.1. The van der Waals surface area contributed by atoms with Crippen molar-refractivity contribution < 1.29 is 9.84 Å². The van der Waals surface area contributed by atoms with Crippen LogP contribution in [0.15, 0.2) is 42.5 Å². The van der Waals surface area contributed by atoms with Gasteiger partial charge < -0.3 is 9.84 Å². The van der Waals surface area contributed by atoms with Crippen LogP contribution < -0.4 is 4.74 Å². The fourth-order valence-corrected chi connectivity index (χ4v) is 2.16. The van der Waals surface area contributed by atoms with E-state index in [0.717, 1.165) is 22.4 Å². The SMILES string of the molecule is COc1cccc(C(O)c2ccc(Cl)cc2C)c1. The summed E-state index contributed by atoms with van der Waals surface area (Å²) in [7, 11) is 1.61. The molecular weight excluding hydrogens is 248 g/mol. The highest BCUT2D eigenvalue weighted by Gasteiger charge is 2.13. The standard InChI is InChI=1S/C15H15ClO2/c1-10-8-12(16)6-7-14(10)15(17)11-4-3-5-13(9-11)18-2/h3-9,15,17H,1-2H3. The first kappa shape index (κ1) is 12.9. The van der Waals surface area contributed by atoms with Gasteiger partial charge in [-0.2, -0.15) is 0 Å². The predicted octanol–water partition coefficient (Wildman–Crippen LogP) is 3.74. The van der Waals surface area contributed by atoms with Gasteiger partial charge in [-0.05, 0) is 47.9 Å². The summed E-state index contributed by atoms with van der Waals surface area (Å²) >= 11 is 5.91. The maximum absolute atomic E-state index is 10.4. The fourth-order valence-electron chi connectivity index (χ4n) is 1.94. The molecular formula is C15H15ClO2. The Kier molecular flexibility index (Phi) is 3.90. The van der Waals surface area contributed by atoms with Crippen molar-refractivity contribution in [3.05, 3.63) is 64.2 Å². The maximum atomic E-state index is 10.4. The number of hydrogen-bond donors (Lipinski definition) is 1. The van der Waals surface area contributed by atoms with Crippen LogP contribution in [0, 0.1) is 6.92 Å². The molecule has 0 heterocycles. The number of halogens is 1. The zero-order valence-electron chi connectivity index (χ0n) is 10.4. The van der Waals surface area contributed by atoms with Crippen molar-refractivity contribution in [2.75, 3.05) is 7.11 Å². The van der Waals surface area contributed by atoms with E-state index in [0.29, 0.717) is 5.02 Å². The Balaban J connectivity index is 2.37. The Morgan fingerprint density at radius 2 is 1.94 bits per heavy atom. The van der Waals surface area contributed by atoms with Gasteiger partial charge in [-0.1, -0.05) is 29.8 Å². The Morgan fingerprint density at radius 3 is 2.61 bits per heavy atom. The van der Waals surface area contributed by atoms with E-state index in [2.05, 4.69) is 0 Å². The molecule has 0 aliphatic carbocycles. The summed E-state index contributed by atoms with van der Waals surface area (Å²) in [6.45, 7) is 1.94. The van der Waals surface area contributed by atoms with Crippen molar-refractivity contribution in [2.45, 2.75) is 13.0 Å². The molecule has 2 aromatic rings. The summed E-state index contributed by atoms with van der Waals surface area (Å²) in [4.78, 5) is 0. The van der Waals surface area contributed by atoms with Crippen LogP contribution in [0.5, 0.6) is 5.75 Å². The molecule has 3 heteroatoms. The summed E-state index contributed by atoms with van der Waals surface area (Å²) in [5.74, 6) is 0.734. The summed E-state index contributed by atoms with van der Waals surface area (Å²) in [5.41, 5.74) is 2.63. The van der Waals surface area contributed by atoms with Gasteiger partial charge in [0.05, 0.1) is 7.11 Å². The van der Waals surface area contributed by atoms with Gasteiger partial charge in [0, 0.05) is 5.02 Å². The summed E-state index contributed by atoms with van der Waals surface area (Å²) < 4.78 is 5.16. The van der Waals surface area contributed by atoms with E-state index in [1.807, 2.05) is 43.3 Å².